The number of hydrogen-bond donors (Lipinski definition) is 0. The minimum Gasteiger partial charge on any atom is -0.456 e. The van der Waals surface area contributed by atoms with Crippen LogP contribution in [0.25, 0.3) is 22.3 Å². The average Bonchev–Trinajstić information content (AvgIpc) is 2.40. The van der Waals surface area contributed by atoms with Crippen molar-refractivity contribution in [2.24, 2.45) is 0 Å². The summed E-state index contributed by atoms with van der Waals surface area (Å²) in [7, 11) is 0. The summed E-state index contributed by atoms with van der Waals surface area (Å²) in [4.78, 5) is 0. The second-order valence-electron chi connectivity index (χ2n) is 4.10. The summed E-state index contributed by atoms with van der Waals surface area (Å²) >= 11 is 7.57. The van der Waals surface area contributed by atoms with E-state index in [2.05, 4.69) is 22.6 Å². The Morgan fingerprint density at radius 3 is 2.63 bits per heavy atom. The van der Waals surface area contributed by atoms with Crippen molar-refractivity contribution in [3.05, 3.63) is 62.4 Å². The highest BCUT2D eigenvalue weighted by Gasteiger charge is 2.08. The van der Waals surface area contributed by atoms with Gasteiger partial charge in [0.25, 0.3) is 0 Å². The summed E-state index contributed by atoms with van der Waals surface area (Å²) in [6.07, 6.45) is 0. The molecule has 0 radical (unpaired) electrons. The van der Waals surface area contributed by atoms with Crippen LogP contribution in [0.15, 0.2) is 52.9 Å². The molecule has 0 atom stereocenters. The minimum absolute atomic E-state index is 0.309. The minimum atomic E-state index is -0.309. The highest BCUT2D eigenvalue weighted by molar-refractivity contribution is 14.1. The van der Waals surface area contributed by atoms with E-state index in [9.17, 15) is 4.39 Å². The molecule has 0 unspecified atom stereocenters. The number of halogens is 2. The van der Waals surface area contributed by atoms with E-state index in [1.807, 2.05) is 24.3 Å². The molecule has 0 amide bonds. The number of hydrogen-bond acceptors (Lipinski definition) is 2. The molecular weight excluding hydrogens is 374 g/mol. The molecule has 19 heavy (non-hydrogen) atoms. The Kier molecular flexibility index (Phi) is 3.36. The maximum absolute atomic E-state index is 13.2. The molecule has 3 rings (SSSR count). The molecule has 0 spiro atoms. The normalized spacial score (nSPS) is 10.8. The van der Waals surface area contributed by atoms with Gasteiger partial charge in [0.05, 0.1) is 4.51 Å². The van der Waals surface area contributed by atoms with Crippen molar-refractivity contribution in [3.8, 4) is 11.3 Å². The van der Waals surface area contributed by atoms with E-state index in [-0.39, 0.29) is 5.82 Å². The zero-order valence-electron chi connectivity index (χ0n) is 9.69. The molecule has 0 aliphatic rings. The standard InChI is InChI=1S/C15H8FIOS/c16-9-5-6-13-11(7-9)15(19)8-14(18-13)10-3-1-2-4-12(10)17/h1-8H. The zero-order chi connectivity index (χ0) is 13.4. The third-order valence-corrected chi connectivity index (χ3v) is 4.11. The second kappa shape index (κ2) is 5.02. The van der Waals surface area contributed by atoms with Crippen LogP contribution in [0.2, 0.25) is 0 Å². The van der Waals surface area contributed by atoms with E-state index < -0.39 is 0 Å². The van der Waals surface area contributed by atoms with Gasteiger partial charge in [-0.25, -0.2) is 4.39 Å². The summed E-state index contributed by atoms with van der Waals surface area (Å²) in [5, 5.41) is 0.629. The Balaban J connectivity index is 2.31. The van der Waals surface area contributed by atoms with Crippen molar-refractivity contribution in [3.63, 3.8) is 0 Å². The van der Waals surface area contributed by atoms with Crippen molar-refractivity contribution in [1.82, 2.24) is 0 Å². The lowest BCUT2D eigenvalue weighted by molar-refractivity contribution is 0.609. The largest absolute Gasteiger partial charge is 0.456 e. The van der Waals surface area contributed by atoms with E-state index in [0.29, 0.717) is 21.2 Å². The third kappa shape index (κ3) is 2.42. The zero-order valence-corrected chi connectivity index (χ0v) is 12.7. The fourth-order valence-corrected chi connectivity index (χ4v) is 2.84. The van der Waals surface area contributed by atoms with Gasteiger partial charge < -0.3 is 4.42 Å². The predicted octanol–water partition coefficient (Wildman–Crippen LogP) is 5.57. The van der Waals surface area contributed by atoms with Crippen molar-refractivity contribution in [2.45, 2.75) is 0 Å². The number of benzene rings is 2. The van der Waals surface area contributed by atoms with Crippen molar-refractivity contribution in [1.29, 1.82) is 0 Å². The first-order valence-corrected chi connectivity index (χ1v) is 7.12. The molecule has 3 aromatic rings. The van der Waals surface area contributed by atoms with E-state index >= 15 is 0 Å². The summed E-state index contributed by atoms with van der Waals surface area (Å²) in [5.74, 6) is 0.393. The number of rotatable bonds is 1. The molecule has 0 saturated heterocycles. The molecule has 0 bridgehead atoms. The van der Waals surface area contributed by atoms with Gasteiger partial charge in [-0.1, -0.05) is 30.4 Å². The van der Waals surface area contributed by atoms with Gasteiger partial charge in [0, 0.05) is 20.6 Å². The van der Waals surface area contributed by atoms with Crippen LogP contribution in [0.1, 0.15) is 0 Å². The topological polar surface area (TPSA) is 13.1 Å². The van der Waals surface area contributed by atoms with Gasteiger partial charge in [-0.15, -0.1) is 0 Å². The highest BCUT2D eigenvalue weighted by Crippen LogP contribution is 2.29. The summed E-state index contributed by atoms with van der Waals surface area (Å²) in [5.41, 5.74) is 1.59. The van der Waals surface area contributed by atoms with Crippen molar-refractivity contribution < 1.29 is 8.81 Å². The molecule has 0 saturated carbocycles. The van der Waals surface area contributed by atoms with Crippen LogP contribution in [0.3, 0.4) is 0 Å². The predicted molar refractivity (Wildman–Crippen MR) is 85.2 cm³/mol. The van der Waals surface area contributed by atoms with Crippen LogP contribution in [-0.2, 0) is 0 Å². The molecule has 0 fully saturated rings. The molecule has 1 aromatic heterocycles. The highest BCUT2D eigenvalue weighted by atomic mass is 127. The summed E-state index contributed by atoms with van der Waals surface area (Å²) in [6.45, 7) is 0. The molecule has 94 valence electrons. The van der Waals surface area contributed by atoms with Crippen LogP contribution in [0, 0.1) is 13.9 Å². The van der Waals surface area contributed by atoms with E-state index in [0.717, 1.165) is 9.13 Å². The van der Waals surface area contributed by atoms with Crippen LogP contribution in [0.5, 0.6) is 0 Å². The smallest absolute Gasteiger partial charge is 0.137 e. The van der Waals surface area contributed by atoms with Gasteiger partial charge in [-0.05, 0) is 46.9 Å². The van der Waals surface area contributed by atoms with Crippen molar-refractivity contribution in [2.75, 3.05) is 0 Å². The van der Waals surface area contributed by atoms with E-state index in [1.165, 1.54) is 12.1 Å². The molecule has 0 aliphatic heterocycles. The molecule has 4 heteroatoms. The first-order chi connectivity index (χ1) is 9.15. The Morgan fingerprint density at radius 2 is 1.84 bits per heavy atom. The van der Waals surface area contributed by atoms with Gasteiger partial charge >= 0.3 is 0 Å². The Bertz CT molecular complexity index is 826. The van der Waals surface area contributed by atoms with Crippen LogP contribution in [0.4, 0.5) is 4.39 Å². The Hall–Kier alpha value is -1.27. The van der Waals surface area contributed by atoms with Gasteiger partial charge in [-0.2, -0.15) is 0 Å². The second-order valence-corrected chi connectivity index (χ2v) is 5.70. The lowest BCUT2D eigenvalue weighted by Gasteiger charge is -2.06. The SMILES string of the molecule is Fc1ccc2oc(-c3ccccc3I)cc(=S)c2c1. The van der Waals surface area contributed by atoms with Crippen LogP contribution < -0.4 is 0 Å². The van der Waals surface area contributed by atoms with Crippen molar-refractivity contribution >= 4 is 45.8 Å². The number of fused-ring (bicyclic) bond motifs is 1. The molecule has 1 nitrogen and oxygen atoms in total. The van der Waals surface area contributed by atoms with E-state index in [4.69, 9.17) is 16.6 Å². The molecule has 0 aliphatic carbocycles. The Morgan fingerprint density at radius 1 is 1.05 bits per heavy atom. The third-order valence-electron chi connectivity index (χ3n) is 2.83. The summed E-state index contributed by atoms with van der Waals surface area (Å²) in [6, 6.07) is 14.1. The lowest BCUT2D eigenvalue weighted by atomic mass is 10.1. The average molecular weight is 382 g/mol. The van der Waals surface area contributed by atoms with Gasteiger partial charge in [0.15, 0.2) is 0 Å². The quantitative estimate of drug-likeness (QED) is 0.403. The monoisotopic (exact) mass is 382 g/mol. The summed E-state index contributed by atoms with van der Waals surface area (Å²) < 4.78 is 20.7. The van der Waals surface area contributed by atoms with Crippen LogP contribution in [-0.4, -0.2) is 0 Å². The van der Waals surface area contributed by atoms with Crippen LogP contribution >= 0.6 is 34.8 Å². The molecular formula is C15H8FIOS. The maximum Gasteiger partial charge on any atom is 0.137 e. The molecule has 0 N–H and O–H groups in total. The van der Waals surface area contributed by atoms with E-state index in [1.54, 1.807) is 12.1 Å². The Labute approximate surface area is 128 Å². The fraction of sp³-hybridized carbons (Fsp3) is 0. The molecule has 1 heterocycles. The van der Waals surface area contributed by atoms with Gasteiger partial charge in [0.2, 0.25) is 0 Å². The molecule has 2 aromatic carbocycles. The van der Waals surface area contributed by atoms with Gasteiger partial charge in [0.1, 0.15) is 17.2 Å². The fourth-order valence-electron chi connectivity index (χ4n) is 1.92. The lowest BCUT2D eigenvalue weighted by Crippen LogP contribution is -1.84. The van der Waals surface area contributed by atoms with Gasteiger partial charge in [-0.3, -0.25) is 0 Å². The first kappa shape index (κ1) is 12.7. The first-order valence-electron chi connectivity index (χ1n) is 5.63. The maximum atomic E-state index is 13.2.